The number of aliphatic carboxylic acids is 1. The Kier molecular flexibility index (Phi) is 4.31. The average Bonchev–Trinajstić information content (AvgIpc) is 1.78. The fraction of sp³-hybridized carbons (Fsp3) is 0.875. The van der Waals surface area contributed by atoms with Crippen molar-refractivity contribution in [2.24, 2.45) is 0 Å². The van der Waals surface area contributed by atoms with Gasteiger partial charge in [-0.05, 0) is 26.1 Å². The van der Waals surface area contributed by atoms with E-state index in [1.807, 2.05) is 23.5 Å². The molecule has 0 bridgehead atoms. The molecular weight excluding hydrogens is 175 g/mol. The van der Waals surface area contributed by atoms with Crippen LogP contribution in [0, 0.1) is 0 Å². The lowest BCUT2D eigenvalue weighted by Gasteiger charge is -2.39. The van der Waals surface area contributed by atoms with Gasteiger partial charge in [-0.15, -0.1) is 0 Å². The molecule has 0 spiro atoms. The highest BCUT2D eigenvalue weighted by Crippen LogP contribution is 2.20. The molecule has 0 fully saturated rings. The first-order valence-corrected chi connectivity index (χ1v) is 5.06. The molecular formula is C8H20B3NO2. The Bertz CT molecular complexity index is 213. The minimum Gasteiger partial charge on any atom is -0.481 e. The Labute approximate surface area is 89.3 Å². The number of carboxylic acid groups (broad SMARTS) is 1. The number of rotatable bonds is 4. The standard InChI is InChI=1S/C8H20B3NO2/c1-7(2,3)12-8(10,11)5(9)4-6(13)14/h5,12H,4,9-11H2,1-3H3,(H,13,14). The van der Waals surface area contributed by atoms with Crippen LogP contribution < -0.4 is 5.32 Å². The van der Waals surface area contributed by atoms with Gasteiger partial charge in [0.2, 0.25) is 0 Å². The molecule has 0 saturated heterocycles. The molecule has 0 heterocycles. The molecule has 0 aromatic heterocycles. The highest BCUT2D eigenvalue weighted by molar-refractivity contribution is 6.44. The normalized spacial score (nSPS) is 15.1. The van der Waals surface area contributed by atoms with Crippen molar-refractivity contribution in [1.29, 1.82) is 0 Å². The van der Waals surface area contributed by atoms with Gasteiger partial charge in [0.1, 0.15) is 23.5 Å². The van der Waals surface area contributed by atoms with Gasteiger partial charge in [0.15, 0.2) is 0 Å². The molecule has 0 aromatic carbocycles. The molecule has 0 radical (unpaired) electrons. The summed E-state index contributed by atoms with van der Waals surface area (Å²) in [4.78, 5) is 10.6. The van der Waals surface area contributed by atoms with E-state index in [4.69, 9.17) is 5.11 Å². The number of carboxylic acids is 1. The molecule has 2 N–H and O–H groups in total. The van der Waals surface area contributed by atoms with Crippen molar-refractivity contribution in [1.82, 2.24) is 5.32 Å². The first-order valence-electron chi connectivity index (χ1n) is 5.06. The second kappa shape index (κ2) is 4.43. The predicted octanol–water partition coefficient (Wildman–Crippen LogP) is -1.81. The zero-order valence-corrected chi connectivity index (χ0v) is 10.1. The van der Waals surface area contributed by atoms with Crippen LogP contribution >= 0.6 is 0 Å². The Morgan fingerprint density at radius 2 is 1.86 bits per heavy atom. The summed E-state index contributed by atoms with van der Waals surface area (Å²) < 4.78 is 0. The molecule has 6 heteroatoms. The Hall–Kier alpha value is -0.375. The minimum atomic E-state index is -0.735. The molecule has 0 aliphatic carbocycles. The molecule has 78 valence electrons. The molecule has 1 atom stereocenters. The summed E-state index contributed by atoms with van der Waals surface area (Å²) in [6.07, 6.45) is 0.204. The van der Waals surface area contributed by atoms with E-state index in [2.05, 4.69) is 26.1 Å². The number of nitrogens with one attached hydrogen (secondary N) is 1. The average molecular weight is 195 g/mol. The van der Waals surface area contributed by atoms with Gasteiger partial charge in [-0.3, -0.25) is 4.79 Å². The third kappa shape index (κ3) is 5.38. The highest BCUT2D eigenvalue weighted by Gasteiger charge is 2.30. The van der Waals surface area contributed by atoms with E-state index in [1.54, 1.807) is 0 Å². The molecule has 0 rings (SSSR count). The Balaban J connectivity index is 4.37. The lowest BCUT2D eigenvalue weighted by molar-refractivity contribution is -0.137. The smallest absolute Gasteiger partial charge is 0.302 e. The van der Waals surface area contributed by atoms with Gasteiger partial charge in [-0.1, -0.05) is 5.82 Å². The third-order valence-corrected chi connectivity index (χ3v) is 2.41. The molecule has 14 heavy (non-hydrogen) atoms. The van der Waals surface area contributed by atoms with Crippen LogP contribution in [0.4, 0.5) is 0 Å². The summed E-state index contributed by atoms with van der Waals surface area (Å²) in [6, 6.07) is 0. The van der Waals surface area contributed by atoms with Gasteiger partial charge in [0, 0.05) is 12.0 Å². The summed E-state index contributed by atoms with van der Waals surface area (Å²) in [5.74, 6) is -0.625. The van der Waals surface area contributed by atoms with E-state index in [-0.39, 0.29) is 23.1 Å². The summed E-state index contributed by atoms with van der Waals surface area (Å²) in [6.45, 7) is 6.26. The number of hydrogen-bond donors (Lipinski definition) is 2. The summed E-state index contributed by atoms with van der Waals surface area (Å²) in [5.41, 5.74) is 0.0102. The maximum absolute atomic E-state index is 10.6. The monoisotopic (exact) mass is 195 g/mol. The lowest BCUT2D eigenvalue weighted by atomic mass is 9.48. The fourth-order valence-corrected chi connectivity index (χ4v) is 1.61. The summed E-state index contributed by atoms with van der Waals surface area (Å²) in [5, 5.41) is 12.0. The topological polar surface area (TPSA) is 49.3 Å². The maximum Gasteiger partial charge on any atom is 0.302 e. The van der Waals surface area contributed by atoms with Gasteiger partial charge in [0.05, 0.1) is 0 Å². The van der Waals surface area contributed by atoms with Crippen molar-refractivity contribution >= 4 is 29.5 Å². The van der Waals surface area contributed by atoms with Crippen LogP contribution in [-0.2, 0) is 4.79 Å². The molecule has 0 aliphatic rings. The highest BCUT2D eigenvalue weighted by atomic mass is 16.4. The number of hydrogen-bond acceptors (Lipinski definition) is 2. The van der Waals surface area contributed by atoms with Crippen molar-refractivity contribution in [3.63, 3.8) is 0 Å². The van der Waals surface area contributed by atoms with Crippen LogP contribution in [0.25, 0.3) is 0 Å². The van der Waals surface area contributed by atoms with E-state index in [0.717, 1.165) is 0 Å². The SMILES string of the molecule is BC(CC(=O)O)C(B)(B)NC(C)(C)C. The van der Waals surface area contributed by atoms with Crippen molar-refractivity contribution in [2.45, 2.75) is 43.9 Å². The summed E-state index contributed by atoms with van der Waals surface area (Å²) in [7, 11) is 6.06. The Morgan fingerprint density at radius 1 is 1.43 bits per heavy atom. The van der Waals surface area contributed by atoms with E-state index >= 15 is 0 Å². The molecule has 0 saturated carbocycles. The van der Waals surface area contributed by atoms with Crippen LogP contribution in [-0.4, -0.2) is 45.5 Å². The van der Waals surface area contributed by atoms with Gasteiger partial charge >= 0.3 is 5.97 Å². The van der Waals surface area contributed by atoms with Gasteiger partial charge < -0.3 is 10.4 Å². The van der Waals surface area contributed by atoms with E-state index < -0.39 is 5.97 Å². The van der Waals surface area contributed by atoms with Crippen LogP contribution in [0.3, 0.4) is 0 Å². The zero-order valence-electron chi connectivity index (χ0n) is 10.1. The second-order valence-corrected chi connectivity index (χ2v) is 5.60. The molecule has 0 amide bonds. The third-order valence-electron chi connectivity index (χ3n) is 2.41. The van der Waals surface area contributed by atoms with Gasteiger partial charge in [-0.25, -0.2) is 0 Å². The van der Waals surface area contributed by atoms with E-state index in [0.29, 0.717) is 0 Å². The van der Waals surface area contributed by atoms with E-state index in [9.17, 15) is 4.79 Å². The summed E-state index contributed by atoms with van der Waals surface area (Å²) >= 11 is 0. The van der Waals surface area contributed by atoms with Gasteiger partial charge in [-0.2, -0.15) is 0 Å². The first-order chi connectivity index (χ1) is 6.04. The van der Waals surface area contributed by atoms with Crippen molar-refractivity contribution in [2.75, 3.05) is 0 Å². The van der Waals surface area contributed by atoms with Crippen LogP contribution in [0.1, 0.15) is 27.2 Å². The van der Waals surface area contributed by atoms with E-state index in [1.165, 1.54) is 0 Å². The predicted molar refractivity (Wildman–Crippen MR) is 67.3 cm³/mol. The Morgan fingerprint density at radius 3 is 2.14 bits per heavy atom. The minimum absolute atomic E-state index is 0.0102. The van der Waals surface area contributed by atoms with Crippen LogP contribution in [0.15, 0.2) is 0 Å². The molecule has 1 unspecified atom stereocenters. The first kappa shape index (κ1) is 13.6. The van der Waals surface area contributed by atoms with Crippen molar-refractivity contribution < 1.29 is 9.90 Å². The molecule has 3 nitrogen and oxygen atoms in total. The quantitative estimate of drug-likeness (QED) is 0.519. The number of carbonyl (C=O) groups is 1. The second-order valence-electron chi connectivity index (χ2n) is 5.60. The fourth-order valence-electron chi connectivity index (χ4n) is 1.61. The van der Waals surface area contributed by atoms with Gasteiger partial charge in [0.25, 0.3) is 0 Å². The van der Waals surface area contributed by atoms with Crippen molar-refractivity contribution in [3.8, 4) is 0 Å². The molecule has 0 aromatic rings. The maximum atomic E-state index is 10.6. The van der Waals surface area contributed by atoms with Crippen LogP contribution in [0.5, 0.6) is 0 Å². The van der Waals surface area contributed by atoms with Crippen LogP contribution in [0.2, 0.25) is 5.82 Å². The lowest BCUT2D eigenvalue weighted by Crippen LogP contribution is -2.58. The molecule has 0 aliphatic heterocycles. The largest absolute Gasteiger partial charge is 0.481 e. The zero-order chi connectivity index (χ0) is 11.6. The van der Waals surface area contributed by atoms with Crippen molar-refractivity contribution in [3.05, 3.63) is 0 Å².